The van der Waals surface area contributed by atoms with Gasteiger partial charge in [-0.1, -0.05) is 43.3 Å². The molecule has 0 fully saturated rings. The average Bonchev–Trinajstić information content (AvgIpc) is 2.43. The second kappa shape index (κ2) is 5.89. The minimum atomic E-state index is 0.164. The van der Waals surface area contributed by atoms with Crippen LogP contribution in [0.25, 0.3) is 0 Å². The summed E-state index contributed by atoms with van der Waals surface area (Å²) in [5.74, 6) is 0.549. The van der Waals surface area contributed by atoms with Crippen LogP contribution >= 0.6 is 0 Å². The molecular formula is C17H20O2. The van der Waals surface area contributed by atoms with E-state index >= 15 is 0 Å². The normalized spacial score (nSPS) is 12.4. The first-order valence-electron chi connectivity index (χ1n) is 6.49. The Hall–Kier alpha value is -1.80. The maximum atomic E-state index is 10.3. The van der Waals surface area contributed by atoms with Crippen molar-refractivity contribution in [1.29, 1.82) is 0 Å². The van der Waals surface area contributed by atoms with E-state index in [-0.39, 0.29) is 5.92 Å². The fourth-order valence-electron chi connectivity index (χ4n) is 2.39. The van der Waals surface area contributed by atoms with E-state index in [1.807, 2.05) is 37.3 Å². The van der Waals surface area contributed by atoms with Gasteiger partial charge in [0.2, 0.25) is 0 Å². The smallest absolute Gasteiger partial charge is 0.122 e. The van der Waals surface area contributed by atoms with Gasteiger partial charge >= 0.3 is 0 Å². The Balaban J connectivity index is 2.43. The Morgan fingerprint density at radius 1 is 1.16 bits per heavy atom. The van der Waals surface area contributed by atoms with E-state index in [9.17, 15) is 5.11 Å². The predicted molar refractivity (Wildman–Crippen MR) is 77.5 cm³/mol. The standard InChI is InChI=1S/C17H20O2/c1-12-9-14(11-19-3)10-16(17(12)18)13(2)15-7-5-4-6-8-15/h4-10,13,18H,11H2,1-3H3. The average molecular weight is 256 g/mol. The highest BCUT2D eigenvalue weighted by atomic mass is 16.5. The molecule has 0 bridgehead atoms. The maximum absolute atomic E-state index is 10.3. The van der Waals surface area contributed by atoms with Crippen LogP contribution in [0.4, 0.5) is 0 Å². The Morgan fingerprint density at radius 2 is 1.84 bits per heavy atom. The van der Waals surface area contributed by atoms with Gasteiger partial charge in [0, 0.05) is 18.6 Å². The summed E-state index contributed by atoms with van der Waals surface area (Å²) in [5.41, 5.74) is 4.15. The highest BCUT2D eigenvalue weighted by molar-refractivity contribution is 5.47. The molecule has 0 aliphatic carbocycles. The Bertz CT molecular complexity index is 547. The number of methoxy groups -OCH3 is 1. The molecule has 0 aliphatic heterocycles. The molecule has 0 aromatic heterocycles. The molecular weight excluding hydrogens is 236 g/mol. The number of hydrogen-bond donors (Lipinski definition) is 1. The summed E-state index contributed by atoms with van der Waals surface area (Å²) < 4.78 is 5.18. The van der Waals surface area contributed by atoms with E-state index in [4.69, 9.17) is 4.74 Å². The van der Waals surface area contributed by atoms with Gasteiger partial charge in [0.25, 0.3) is 0 Å². The summed E-state index contributed by atoms with van der Waals surface area (Å²) in [6, 6.07) is 14.2. The molecule has 0 aliphatic rings. The van der Waals surface area contributed by atoms with Gasteiger partial charge < -0.3 is 9.84 Å². The summed E-state index contributed by atoms with van der Waals surface area (Å²) in [5, 5.41) is 10.3. The molecule has 100 valence electrons. The third-order valence-corrected chi connectivity index (χ3v) is 3.47. The number of phenolic OH excluding ortho intramolecular Hbond substituents is 1. The summed E-state index contributed by atoms with van der Waals surface area (Å²) in [4.78, 5) is 0. The highest BCUT2D eigenvalue weighted by Crippen LogP contribution is 2.34. The van der Waals surface area contributed by atoms with E-state index in [0.29, 0.717) is 12.4 Å². The Labute approximate surface area is 114 Å². The van der Waals surface area contributed by atoms with Crippen molar-refractivity contribution in [3.63, 3.8) is 0 Å². The molecule has 1 unspecified atom stereocenters. The largest absolute Gasteiger partial charge is 0.507 e. The van der Waals surface area contributed by atoms with E-state index < -0.39 is 0 Å². The lowest BCUT2D eigenvalue weighted by Gasteiger charge is -2.17. The quantitative estimate of drug-likeness (QED) is 0.896. The zero-order valence-corrected chi connectivity index (χ0v) is 11.7. The van der Waals surface area contributed by atoms with Gasteiger partial charge in [0.05, 0.1) is 6.61 Å². The molecule has 2 nitrogen and oxygen atoms in total. The molecule has 0 amide bonds. The number of phenols is 1. The second-order valence-corrected chi connectivity index (χ2v) is 4.92. The molecule has 1 N–H and O–H groups in total. The first kappa shape index (κ1) is 13.6. The summed E-state index contributed by atoms with van der Waals surface area (Å²) in [6.07, 6.45) is 0. The fourth-order valence-corrected chi connectivity index (χ4v) is 2.39. The van der Waals surface area contributed by atoms with Gasteiger partial charge in [-0.15, -0.1) is 0 Å². The lowest BCUT2D eigenvalue weighted by Crippen LogP contribution is -2.00. The monoisotopic (exact) mass is 256 g/mol. The van der Waals surface area contributed by atoms with E-state index in [1.54, 1.807) is 7.11 Å². The van der Waals surface area contributed by atoms with Crippen molar-refractivity contribution >= 4 is 0 Å². The molecule has 0 saturated carbocycles. The Morgan fingerprint density at radius 3 is 2.47 bits per heavy atom. The number of rotatable bonds is 4. The van der Waals surface area contributed by atoms with Crippen LogP contribution in [-0.4, -0.2) is 12.2 Å². The van der Waals surface area contributed by atoms with E-state index in [1.165, 1.54) is 5.56 Å². The molecule has 2 heteroatoms. The van der Waals surface area contributed by atoms with Gasteiger partial charge in [-0.25, -0.2) is 0 Å². The maximum Gasteiger partial charge on any atom is 0.122 e. The number of ether oxygens (including phenoxy) is 1. The van der Waals surface area contributed by atoms with Gasteiger partial charge in [-0.2, -0.15) is 0 Å². The second-order valence-electron chi connectivity index (χ2n) is 4.92. The first-order chi connectivity index (χ1) is 9.13. The van der Waals surface area contributed by atoms with Crippen molar-refractivity contribution in [3.05, 3.63) is 64.7 Å². The van der Waals surface area contributed by atoms with Crippen LogP contribution in [0.5, 0.6) is 5.75 Å². The van der Waals surface area contributed by atoms with Crippen molar-refractivity contribution in [3.8, 4) is 5.75 Å². The first-order valence-corrected chi connectivity index (χ1v) is 6.49. The summed E-state index contributed by atoms with van der Waals surface area (Å²) >= 11 is 0. The zero-order chi connectivity index (χ0) is 13.8. The molecule has 1 atom stereocenters. The fraction of sp³-hybridized carbons (Fsp3) is 0.294. The van der Waals surface area contributed by atoms with Crippen LogP contribution in [0.1, 0.15) is 35.1 Å². The predicted octanol–water partition coefficient (Wildman–Crippen LogP) is 4.00. The molecule has 0 radical (unpaired) electrons. The lowest BCUT2D eigenvalue weighted by atomic mass is 9.90. The van der Waals surface area contributed by atoms with Crippen molar-refractivity contribution in [2.45, 2.75) is 26.4 Å². The molecule has 2 aromatic rings. The van der Waals surface area contributed by atoms with Crippen molar-refractivity contribution in [2.75, 3.05) is 7.11 Å². The van der Waals surface area contributed by atoms with Crippen molar-refractivity contribution in [2.24, 2.45) is 0 Å². The van der Waals surface area contributed by atoms with Gasteiger partial charge in [0.1, 0.15) is 5.75 Å². The number of hydrogen-bond acceptors (Lipinski definition) is 2. The minimum absolute atomic E-state index is 0.164. The molecule has 19 heavy (non-hydrogen) atoms. The van der Waals surface area contributed by atoms with Gasteiger partial charge in [-0.05, 0) is 29.7 Å². The number of benzene rings is 2. The van der Waals surface area contributed by atoms with Crippen LogP contribution in [-0.2, 0) is 11.3 Å². The van der Waals surface area contributed by atoms with Crippen LogP contribution in [0.2, 0.25) is 0 Å². The third-order valence-electron chi connectivity index (χ3n) is 3.47. The summed E-state index contributed by atoms with van der Waals surface area (Å²) in [7, 11) is 1.68. The molecule has 0 spiro atoms. The summed E-state index contributed by atoms with van der Waals surface area (Å²) in [6.45, 7) is 4.60. The van der Waals surface area contributed by atoms with E-state index in [2.05, 4.69) is 19.1 Å². The number of aryl methyl sites for hydroxylation is 1. The number of aromatic hydroxyl groups is 1. The topological polar surface area (TPSA) is 29.5 Å². The van der Waals surface area contributed by atoms with Crippen LogP contribution in [0.15, 0.2) is 42.5 Å². The molecule has 2 rings (SSSR count). The van der Waals surface area contributed by atoms with Crippen LogP contribution < -0.4 is 0 Å². The van der Waals surface area contributed by atoms with Crippen molar-refractivity contribution < 1.29 is 9.84 Å². The molecule has 0 heterocycles. The minimum Gasteiger partial charge on any atom is -0.507 e. The SMILES string of the molecule is COCc1cc(C)c(O)c(C(C)c2ccccc2)c1. The van der Waals surface area contributed by atoms with Crippen molar-refractivity contribution in [1.82, 2.24) is 0 Å². The molecule has 2 aromatic carbocycles. The lowest BCUT2D eigenvalue weighted by molar-refractivity contribution is 0.184. The zero-order valence-electron chi connectivity index (χ0n) is 11.7. The van der Waals surface area contributed by atoms with E-state index in [0.717, 1.165) is 16.7 Å². The third kappa shape index (κ3) is 2.96. The van der Waals surface area contributed by atoms with Crippen LogP contribution in [0, 0.1) is 6.92 Å². The molecule has 0 saturated heterocycles. The van der Waals surface area contributed by atoms with Gasteiger partial charge in [0.15, 0.2) is 0 Å². The Kier molecular flexibility index (Phi) is 4.23. The van der Waals surface area contributed by atoms with Crippen LogP contribution in [0.3, 0.4) is 0 Å². The highest BCUT2D eigenvalue weighted by Gasteiger charge is 2.15. The van der Waals surface area contributed by atoms with Gasteiger partial charge in [-0.3, -0.25) is 0 Å².